The molecule has 0 radical (unpaired) electrons. The normalized spacial score (nSPS) is 13.1. The van der Waals surface area contributed by atoms with Gasteiger partial charge in [-0.25, -0.2) is 0 Å². The van der Waals surface area contributed by atoms with Gasteiger partial charge in [0.2, 0.25) is 0 Å². The lowest BCUT2D eigenvalue weighted by Crippen LogP contribution is -2.15. The van der Waals surface area contributed by atoms with Gasteiger partial charge in [-0.2, -0.15) is 0 Å². The van der Waals surface area contributed by atoms with Gasteiger partial charge in [-0.15, -0.1) is 0 Å². The molecule has 0 bridgehead atoms. The number of fused-ring (bicyclic) bond motifs is 1. The Bertz CT molecular complexity index is 631. The van der Waals surface area contributed by atoms with Crippen LogP contribution in [0.5, 0.6) is 17.2 Å². The largest absolute Gasteiger partial charge is 0.506 e. The number of hydrogen-bond donors (Lipinski definition) is 2. The predicted molar refractivity (Wildman–Crippen MR) is 77.9 cm³/mol. The van der Waals surface area contributed by atoms with Crippen LogP contribution < -0.4 is 14.8 Å². The van der Waals surface area contributed by atoms with Crippen LogP contribution in [0, 0.1) is 0 Å². The minimum atomic E-state index is 0.0801. The molecular formula is C15H14ClNO3. The molecule has 0 aliphatic carbocycles. The third kappa shape index (κ3) is 2.75. The summed E-state index contributed by atoms with van der Waals surface area (Å²) in [5, 5.41) is 12.9. The van der Waals surface area contributed by atoms with E-state index in [1.54, 1.807) is 18.2 Å². The average Bonchev–Trinajstić information content (AvgIpc) is 2.48. The van der Waals surface area contributed by atoms with Gasteiger partial charge < -0.3 is 19.9 Å². The highest BCUT2D eigenvalue weighted by Crippen LogP contribution is 2.31. The average molecular weight is 292 g/mol. The molecule has 5 heteroatoms. The third-order valence-corrected chi connectivity index (χ3v) is 3.35. The van der Waals surface area contributed by atoms with Gasteiger partial charge in [0.15, 0.2) is 11.5 Å². The second-order valence-electron chi connectivity index (χ2n) is 4.50. The molecule has 0 amide bonds. The second-order valence-corrected chi connectivity index (χ2v) is 4.90. The van der Waals surface area contributed by atoms with Crippen molar-refractivity contribution in [2.45, 2.75) is 6.54 Å². The molecule has 104 valence electrons. The number of aromatic hydroxyl groups is 1. The molecule has 0 saturated carbocycles. The van der Waals surface area contributed by atoms with Crippen LogP contribution in [-0.2, 0) is 6.54 Å². The minimum Gasteiger partial charge on any atom is -0.506 e. The Morgan fingerprint density at radius 1 is 1.05 bits per heavy atom. The molecule has 0 unspecified atom stereocenters. The van der Waals surface area contributed by atoms with Crippen LogP contribution in [0.1, 0.15) is 5.56 Å². The zero-order valence-corrected chi connectivity index (χ0v) is 11.5. The van der Waals surface area contributed by atoms with Crippen LogP contribution in [0.2, 0.25) is 5.02 Å². The summed E-state index contributed by atoms with van der Waals surface area (Å²) in [6, 6.07) is 10.9. The minimum absolute atomic E-state index is 0.0801. The van der Waals surface area contributed by atoms with E-state index in [0.29, 0.717) is 24.8 Å². The molecule has 1 heterocycles. The molecule has 2 aromatic rings. The van der Waals surface area contributed by atoms with Crippen LogP contribution in [0.25, 0.3) is 0 Å². The highest BCUT2D eigenvalue weighted by molar-refractivity contribution is 6.32. The van der Waals surface area contributed by atoms with Crippen LogP contribution in [0.15, 0.2) is 36.4 Å². The number of nitrogens with one attached hydrogen (secondary N) is 1. The SMILES string of the molecule is Oc1ccc(NCc2ccc3c(c2)OCCO3)cc1Cl. The molecule has 2 aromatic carbocycles. The van der Waals surface area contributed by atoms with E-state index in [1.807, 2.05) is 18.2 Å². The van der Waals surface area contributed by atoms with E-state index in [2.05, 4.69) is 5.32 Å². The molecule has 1 aliphatic rings. The Balaban J connectivity index is 1.70. The van der Waals surface area contributed by atoms with Crippen LogP contribution in [0.3, 0.4) is 0 Å². The van der Waals surface area contributed by atoms with Gasteiger partial charge in [0, 0.05) is 12.2 Å². The van der Waals surface area contributed by atoms with Gasteiger partial charge >= 0.3 is 0 Å². The topological polar surface area (TPSA) is 50.7 Å². The van der Waals surface area contributed by atoms with Crippen molar-refractivity contribution in [2.75, 3.05) is 18.5 Å². The number of halogens is 1. The number of phenolic OH excluding ortho intramolecular Hbond substituents is 1. The molecule has 0 spiro atoms. The Hall–Kier alpha value is -2.07. The monoisotopic (exact) mass is 291 g/mol. The first kappa shape index (κ1) is 12.9. The Labute approximate surface area is 121 Å². The van der Waals surface area contributed by atoms with E-state index in [-0.39, 0.29) is 5.75 Å². The van der Waals surface area contributed by atoms with Crippen molar-refractivity contribution in [3.05, 3.63) is 47.0 Å². The van der Waals surface area contributed by atoms with Gasteiger partial charge in [0.1, 0.15) is 19.0 Å². The van der Waals surface area contributed by atoms with Gasteiger partial charge in [-0.05, 0) is 35.9 Å². The van der Waals surface area contributed by atoms with Gasteiger partial charge in [0.25, 0.3) is 0 Å². The fourth-order valence-electron chi connectivity index (χ4n) is 2.02. The summed E-state index contributed by atoms with van der Waals surface area (Å²) in [5.74, 6) is 1.64. The van der Waals surface area contributed by atoms with E-state index in [4.69, 9.17) is 21.1 Å². The van der Waals surface area contributed by atoms with Gasteiger partial charge in [0.05, 0.1) is 5.02 Å². The molecule has 4 nitrogen and oxygen atoms in total. The van der Waals surface area contributed by atoms with Crippen molar-refractivity contribution in [1.29, 1.82) is 0 Å². The van der Waals surface area contributed by atoms with Crippen LogP contribution in [0.4, 0.5) is 5.69 Å². The first-order valence-corrected chi connectivity index (χ1v) is 6.71. The summed E-state index contributed by atoms with van der Waals surface area (Å²) in [5.41, 5.74) is 1.93. The fourth-order valence-corrected chi connectivity index (χ4v) is 2.20. The summed E-state index contributed by atoms with van der Waals surface area (Å²) in [4.78, 5) is 0. The lowest BCUT2D eigenvalue weighted by molar-refractivity contribution is 0.171. The predicted octanol–water partition coefficient (Wildman–Crippen LogP) is 3.43. The first-order chi connectivity index (χ1) is 9.72. The lowest BCUT2D eigenvalue weighted by Gasteiger charge is -2.19. The van der Waals surface area contributed by atoms with Gasteiger partial charge in [-0.3, -0.25) is 0 Å². The molecule has 0 aromatic heterocycles. The molecule has 3 rings (SSSR count). The molecule has 0 atom stereocenters. The summed E-state index contributed by atoms with van der Waals surface area (Å²) in [6.07, 6.45) is 0. The smallest absolute Gasteiger partial charge is 0.161 e. The summed E-state index contributed by atoms with van der Waals surface area (Å²) >= 11 is 5.86. The van der Waals surface area contributed by atoms with Crippen molar-refractivity contribution in [1.82, 2.24) is 0 Å². The molecule has 0 fully saturated rings. The third-order valence-electron chi connectivity index (χ3n) is 3.05. The molecular weight excluding hydrogens is 278 g/mol. The van der Waals surface area contributed by atoms with E-state index in [0.717, 1.165) is 22.7 Å². The molecule has 20 heavy (non-hydrogen) atoms. The summed E-state index contributed by atoms with van der Waals surface area (Å²) < 4.78 is 11.0. The zero-order valence-electron chi connectivity index (χ0n) is 10.7. The van der Waals surface area contributed by atoms with Crippen LogP contribution in [-0.4, -0.2) is 18.3 Å². The lowest BCUT2D eigenvalue weighted by atomic mass is 10.2. The second kappa shape index (κ2) is 5.51. The van der Waals surface area contributed by atoms with Crippen molar-refractivity contribution >= 4 is 17.3 Å². The first-order valence-electron chi connectivity index (χ1n) is 6.33. The Morgan fingerprint density at radius 2 is 1.85 bits per heavy atom. The standard InChI is InChI=1S/C15H14ClNO3/c16-12-8-11(2-3-13(12)18)17-9-10-1-4-14-15(7-10)20-6-5-19-14/h1-4,7-8,17-18H,5-6,9H2. The van der Waals surface area contributed by atoms with E-state index in [1.165, 1.54) is 0 Å². The summed E-state index contributed by atoms with van der Waals surface area (Å²) in [6.45, 7) is 1.81. The van der Waals surface area contributed by atoms with Gasteiger partial charge in [-0.1, -0.05) is 17.7 Å². The van der Waals surface area contributed by atoms with Crippen molar-refractivity contribution in [2.24, 2.45) is 0 Å². The molecule has 0 saturated heterocycles. The Kier molecular flexibility index (Phi) is 3.56. The zero-order chi connectivity index (χ0) is 13.9. The number of ether oxygens (including phenoxy) is 2. The summed E-state index contributed by atoms with van der Waals surface area (Å²) in [7, 11) is 0. The van der Waals surface area contributed by atoms with E-state index in [9.17, 15) is 5.11 Å². The van der Waals surface area contributed by atoms with Crippen molar-refractivity contribution in [3.8, 4) is 17.2 Å². The highest BCUT2D eigenvalue weighted by atomic mass is 35.5. The number of benzene rings is 2. The number of hydrogen-bond acceptors (Lipinski definition) is 4. The van der Waals surface area contributed by atoms with E-state index < -0.39 is 0 Å². The number of phenols is 1. The quantitative estimate of drug-likeness (QED) is 0.851. The maximum absolute atomic E-state index is 9.37. The highest BCUT2D eigenvalue weighted by Gasteiger charge is 2.11. The number of rotatable bonds is 3. The van der Waals surface area contributed by atoms with Crippen molar-refractivity contribution < 1.29 is 14.6 Å². The molecule has 1 aliphatic heterocycles. The van der Waals surface area contributed by atoms with Crippen LogP contribution >= 0.6 is 11.6 Å². The maximum atomic E-state index is 9.37. The molecule has 2 N–H and O–H groups in total. The Morgan fingerprint density at radius 3 is 2.65 bits per heavy atom. The maximum Gasteiger partial charge on any atom is 0.161 e. The van der Waals surface area contributed by atoms with E-state index >= 15 is 0 Å². The van der Waals surface area contributed by atoms with Crippen molar-refractivity contribution in [3.63, 3.8) is 0 Å². The fraction of sp³-hybridized carbons (Fsp3) is 0.200. The number of anilines is 1.